The van der Waals surface area contributed by atoms with Crippen molar-refractivity contribution in [3.63, 3.8) is 0 Å². The SMILES string of the molecule is Cc1cc(C(=O)C2CCOc3ccccc32)ccc1N. The highest BCUT2D eigenvalue weighted by Crippen LogP contribution is 2.35. The predicted octanol–water partition coefficient (Wildman–Crippen LogP) is 3.33. The zero-order chi connectivity index (χ0) is 14.1. The van der Waals surface area contributed by atoms with E-state index in [1.54, 1.807) is 6.07 Å². The first-order valence-corrected chi connectivity index (χ1v) is 6.79. The number of Topliss-reactive ketones (excluding diaryl/α,β-unsaturated/α-hetero) is 1. The van der Waals surface area contributed by atoms with Gasteiger partial charge in [-0.25, -0.2) is 0 Å². The molecule has 1 aliphatic heterocycles. The Morgan fingerprint density at radius 3 is 2.85 bits per heavy atom. The summed E-state index contributed by atoms with van der Waals surface area (Å²) >= 11 is 0. The lowest BCUT2D eigenvalue weighted by Crippen LogP contribution is -2.21. The van der Waals surface area contributed by atoms with E-state index in [4.69, 9.17) is 10.5 Å². The molecule has 2 N–H and O–H groups in total. The van der Waals surface area contributed by atoms with Crippen molar-refractivity contribution in [1.29, 1.82) is 0 Å². The Labute approximate surface area is 118 Å². The molecule has 2 aromatic rings. The molecule has 0 spiro atoms. The molecule has 20 heavy (non-hydrogen) atoms. The molecule has 0 amide bonds. The maximum absolute atomic E-state index is 12.7. The molecule has 3 nitrogen and oxygen atoms in total. The van der Waals surface area contributed by atoms with Crippen molar-refractivity contribution in [2.45, 2.75) is 19.3 Å². The lowest BCUT2D eigenvalue weighted by atomic mass is 9.86. The fourth-order valence-electron chi connectivity index (χ4n) is 2.64. The third-order valence-electron chi connectivity index (χ3n) is 3.83. The molecule has 102 valence electrons. The Morgan fingerprint density at radius 1 is 1.25 bits per heavy atom. The van der Waals surface area contributed by atoms with Gasteiger partial charge in [-0.15, -0.1) is 0 Å². The number of para-hydroxylation sites is 1. The van der Waals surface area contributed by atoms with Gasteiger partial charge in [-0.05, 0) is 43.2 Å². The van der Waals surface area contributed by atoms with Gasteiger partial charge in [0, 0.05) is 16.8 Å². The van der Waals surface area contributed by atoms with E-state index in [0.717, 1.165) is 28.9 Å². The molecule has 3 rings (SSSR count). The predicted molar refractivity (Wildman–Crippen MR) is 79.2 cm³/mol. The average Bonchev–Trinajstić information content (AvgIpc) is 2.49. The fourth-order valence-corrected chi connectivity index (χ4v) is 2.64. The van der Waals surface area contributed by atoms with Crippen molar-refractivity contribution in [3.05, 3.63) is 59.2 Å². The number of rotatable bonds is 2. The van der Waals surface area contributed by atoms with Gasteiger partial charge in [-0.2, -0.15) is 0 Å². The highest BCUT2D eigenvalue weighted by molar-refractivity contribution is 6.01. The third-order valence-corrected chi connectivity index (χ3v) is 3.83. The van der Waals surface area contributed by atoms with Crippen LogP contribution in [0.1, 0.15) is 33.8 Å². The normalized spacial score (nSPS) is 17.1. The van der Waals surface area contributed by atoms with Crippen molar-refractivity contribution < 1.29 is 9.53 Å². The zero-order valence-corrected chi connectivity index (χ0v) is 11.4. The van der Waals surface area contributed by atoms with E-state index in [1.807, 2.05) is 43.3 Å². The van der Waals surface area contributed by atoms with Gasteiger partial charge in [0.25, 0.3) is 0 Å². The van der Waals surface area contributed by atoms with E-state index in [9.17, 15) is 4.79 Å². The van der Waals surface area contributed by atoms with Gasteiger partial charge in [-0.3, -0.25) is 4.79 Å². The molecule has 0 radical (unpaired) electrons. The standard InChI is InChI=1S/C17H17NO2/c1-11-10-12(6-7-15(11)18)17(19)14-8-9-20-16-5-3-2-4-13(14)16/h2-7,10,14H,8-9,18H2,1H3. The largest absolute Gasteiger partial charge is 0.493 e. The van der Waals surface area contributed by atoms with Gasteiger partial charge in [-0.1, -0.05) is 18.2 Å². The van der Waals surface area contributed by atoms with Crippen molar-refractivity contribution in [2.75, 3.05) is 12.3 Å². The minimum Gasteiger partial charge on any atom is -0.493 e. The number of carbonyl (C=O) groups is 1. The summed E-state index contributed by atoms with van der Waals surface area (Å²) in [7, 11) is 0. The lowest BCUT2D eigenvalue weighted by Gasteiger charge is -2.25. The molecule has 0 bridgehead atoms. The van der Waals surface area contributed by atoms with Crippen LogP contribution >= 0.6 is 0 Å². The highest BCUT2D eigenvalue weighted by atomic mass is 16.5. The first-order chi connectivity index (χ1) is 9.66. The Morgan fingerprint density at radius 2 is 2.05 bits per heavy atom. The number of aryl methyl sites for hydroxylation is 1. The van der Waals surface area contributed by atoms with Crippen LogP contribution in [-0.4, -0.2) is 12.4 Å². The van der Waals surface area contributed by atoms with E-state index in [0.29, 0.717) is 12.3 Å². The van der Waals surface area contributed by atoms with Crippen LogP contribution in [0.4, 0.5) is 5.69 Å². The molecule has 0 aromatic heterocycles. The maximum atomic E-state index is 12.7. The van der Waals surface area contributed by atoms with Crippen LogP contribution < -0.4 is 10.5 Å². The second-order valence-electron chi connectivity index (χ2n) is 5.16. The molecule has 0 saturated carbocycles. The molecular formula is C17H17NO2. The number of hydrogen-bond acceptors (Lipinski definition) is 3. The first kappa shape index (κ1) is 12.7. The van der Waals surface area contributed by atoms with Crippen LogP contribution in [0, 0.1) is 6.92 Å². The average molecular weight is 267 g/mol. The smallest absolute Gasteiger partial charge is 0.170 e. The maximum Gasteiger partial charge on any atom is 0.170 e. The van der Waals surface area contributed by atoms with Gasteiger partial charge in [0.2, 0.25) is 0 Å². The Kier molecular flexibility index (Phi) is 3.18. The molecule has 1 unspecified atom stereocenters. The minimum atomic E-state index is -0.122. The lowest BCUT2D eigenvalue weighted by molar-refractivity contribution is 0.0933. The number of anilines is 1. The van der Waals surface area contributed by atoms with E-state index < -0.39 is 0 Å². The molecule has 1 heterocycles. The summed E-state index contributed by atoms with van der Waals surface area (Å²) in [4.78, 5) is 12.7. The Balaban J connectivity index is 1.97. The van der Waals surface area contributed by atoms with Crippen molar-refractivity contribution in [3.8, 4) is 5.75 Å². The topological polar surface area (TPSA) is 52.3 Å². The van der Waals surface area contributed by atoms with Crippen molar-refractivity contribution in [1.82, 2.24) is 0 Å². The van der Waals surface area contributed by atoms with Crippen LogP contribution in [0.15, 0.2) is 42.5 Å². The Bertz CT molecular complexity index is 664. The van der Waals surface area contributed by atoms with Crippen molar-refractivity contribution in [2.24, 2.45) is 0 Å². The second-order valence-corrected chi connectivity index (χ2v) is 5.16. The highest BCUT2D eigenvalue weighted by Gasteiger charge is 2.28. The number of nitrogens with two attached hydrogens (primary N) is 1. The molecule has 1 atom stereocenters. The van der Waals surface area contributed by atoms with Gasteiger partial charge in [0.1, 0.15) is 5.75 Å². The zero-order valence-electron chi connectivity index (χ0n) is 11.4. The molecule has 2 aromatic carbocycles. The number of benzene rings is 2. The minimum absolute atomic E-state index is 0.122. The van der Waals surface area contributed by atoms with Crippen LogP contribution in [0.5, 0.6) is 5.75 Å². The van der Waals surface area contributed by atoms with E-state index in [2.05, 4.69) is 0 Å². The first-order valence-electron chi connectivity index (χ1n) is 6.79. The number of nitrogen functional groups attached to an aromatic ring is 1. The van der Waals surface area contributed by atoms with E-state index in [1.165, 1.54) is 0 Å². The van der Waals surface area contributed by atoms with Crippen molar-refractivity contribution >= 4 is 11.5 Å². The molecule has 0 fully saturated rings. The molecule has 0 aliphatic carbocycles. The van der Waals surface area contributed by atoms with Gasteiger partial charge < -0.3 is 10.5 Å². The summed E-state index contributed by atoms with van der Waals surface area (Å²) in [6.07, 6.45) is 0.721. The molecule has 3 heteroatoms. The number of ether oxygens (including phenoxy) is 1. The van der Waals surface area contributed by atoms with Crippen LogP contribution in [-0.2, 0) is 0 Å². The van der Waals surface area contributed by atoms with Gasteiger partial charge in [0.05, 0.1) is 12.5 Å². The number of carbonyl (C=O) groups excluding carboxylic acids is 1. The summed E-state index contributed by atoms with van der Waals surface area (Å²) in [5.74, 6) is 0.844. The third kappa shape index (κ3) is 2.16. The summed E-state index contributed by atoms with van der Waals surface area (Å²) in [6.45, 7) is 2.51. The summed E-state index contributed by atoms with van der Waals surface area (Å²) in [5.41, 5.74) is 9.18. The monoisotopic (exact) mass is 267 g/mol. The van der Waals surface area contributed by atoms with Gasteiger partial charge >= 0.3 is 0 Å². The summed E-state index contributed by atoms with van der Waals surface area (Å²) < 4.78 is 5.61. The quantitative estimate of drug-likeness (QED) is 0.670. The van der Waals surface area contributed by atoms with Crippen LogP contribution in [0.2, 0.25) is 0 Å². The number of hydrogen-bond donors (Lipinski definition) is 1. The van der Waals surface area contributed by atoms with E-state index in [-0.39, 0.29) is 11.7 Å². The van der Waals surface area contributed by atoms with Gasteiger partial charge in [0.15, 0.2) is 5.78 Å². The molecule has 0 saturated heterocycles. The van der Waals surface area contributed by atoms with E-state index >= 15 is 0 Å². The number of ketones is 1. The summed E-state index contributed by atoms with van der Waals surface area (Å²) in [5, 5.41) is 0. The second kappa shape index (κ2) is 5.00. The molecular weight excluding hydrogens is 250 g/mol. The van der Waals surface area contributed by atoms with Crippen LogP contribution in [0.3, 0.4) is 0 Å². The Hall–Kier alpha value is -2.29. The summed E-state index contributed by atoms with van der Waals surface area (Å²) in [6, 6.07) is 13.2. The molecule has 1 aliphatic rings. The number of fused-ring (bicyclic) bond motifs is 1. The van der Waals surface area contributed by atoms with Crippen LogP contribution in [0.25, 0.3) is 0 Å². The fraction of sp³-hybridized carbons (Fsp3) is 0.235.